The van der Waals surface area contributed by atoms with Gasteiger partial charge in [0.2, 0.25) is 5.91 Å². The summed E-state index contributed by atoms with van der Waals surface area (Å²) in [6, 6.07) is 11.4. The number of carbonyl (C=O) groups excluding carboxylic acids is 1. The summed E-state index contributed by atoms with van der Waals surface area (Å²) in [6.45, 7) is 1.92. The third-order valence-corrected chi connectivity index (χ3v) is 3.42. The van der Waals surface area contributed by atoms with Gasteiger partial charge >= 0.3 is 0 Å². The van der Waals surface area contributed by atoms with E-state index >= 15 is 0 Å². The normalized spacial score (nSPS) is 18.5. The maximum Gasteiger partial charge on any atom is 0.243 e. The van der Waals surface area contributed by atoms with Crippen molar-refractivity contribution in [1.29, 1.82) is 0 Å². The number of carbonyl (C=O) groups is 1. The molecule has 4 heteroatoms. The number of para-hydroxylation sites is 1. The van der Waals surface area contributed by atoms with E-state index in [4.69, 9.17) is 4.42 Å². The third kappa shape index (κ3) is 2.34. The summed E-state index contributed by atoms with van der Waals surface area (Å²) in [4.78, 5) is 12.2. The highest BCUT2D eigenvalue weighted by atomic mass is 16.3. The van der Waals surface area contributed by atoms with E-state index in [9.17, 15) is 4.79 Å². The molecule has 1 aromatic carbocycles. The van der Waals surface area contributed by atoms with Crippen molar-refractivity contribution < 1.29 is 9.21 Å². The lowest BCUT2D eigenvalue weighted by molar-refractivity contribution is -0.122. The van der Waals surface area contributed by atoms with Gasteiger partial charge in [0.15, 0.2) is 0 Å². The predicted molar refractivity (Wildman–Crippen MR) is 72.8 cm³/mol. The largest absolute Gasteiger partial charge is 0.467 e. The number of furan rings is 1. The molecule has 0 fully saturated rings. The van der Waals surface area contributed by atoms with Gasteiger partial charge in [0.25, 0.3) is 0 Å². The molecule has 1 aliphatic rings. The second kappa shape index (κ2) is 4.80. The fourth-order valence-electron chi connectivity index (χ4n) is 2.38. The van der Waals surface area contributed by atoms with E-state index in [1.165, 1.54) is 5.56 Å². The van der Waals surface area contributed by atoms with E-state index in [1.807, 2.05) is 43.3 Å². The van der Waals surface area contributed by atoms with Crippen LogP contribution in [0.3, 0.4) is 0 Å². The van der Waals surface area contributed by atoms with Crippen molar-refractivity contribution in [2.24, 2.45) is 0 Å². The smallest absolute Gasteiger partial charge is 0.243 e. The van der Waals surface area contributed by atoms with E-state index in [0.717, 1.165) is 17.9 Å². The molecule has 4 nitrogen and oxygen atoms in total. The third-order valence-electron chi connectivity index (χ3n) is 3.42. The molecule has 3 rings (SSSR count). The highest BCUT2D eigenvalue weighted by Crippen LogP contribution is 2.25. The predicted octanol–water partition coefficient (Wildman–Crippen LogP) is 2.49. The minimum absolute atomic E-state index is 0.0000926. The first-order valence-corrected chi connectivity index (χ1v) is 6.42. The molecule has 0 unspecified atom stereocenters. The Kier molecular flexibility index (Phi) is 2.99. The van der Waals surface area contributed by atoms with Crippen LogP contribution in [0.4, 0.5) is 5.69 Å². The molecule has 0 bridgehead atoms. The van der Waals surface area contributed by atoms with Crippen molar-refractivity contribution in [3.63, 3.8) is 0 Å². The maximum absolute atomic E-state index is 12.2. The van der Waals surface area contributed by atoms with E-state index in [-0.39, 0.29) is 18.0 Å². The van der Waals surface area contributed by atoms with Crippen molar-refractivity contribution >= 4 is 11.6 Å². The maximum atomic E-state index is 12.2. The molecule has 1 aromatic heterocycles. The highest BCUT2D eigenvalue weighted by molar-refractivity contribution is 5.87. The molecule has 2 heterocycles. The summed E-state index contributed by atoms with van der Waals surface area (Å²) in [5.74, 6) is 0.768. The van der Waals surface area contributed by atoms with E-state index < -0.39 is 0 Å². The van der Waals surface area contributed by atoms with Gasteiger partial charge in [-0.15, -0.1) is 0 Å². The van der Waals surface area contributed by atoms with Crippen molar-refractivity contribution in [1.82, 2.24) is 5.32 Å². The lowest BCUT2D eigenvalue weighted by atomic mass is 10.1. The molecular formula is C15H16N2O2. The van der Waals surface area contributed by atoms with Crippen LogP contribution < -0.4 is 10.6 Å². The van der Waals surface area contributed by atoms with Crippen LogP contribution in [0.2, 0.25) is 0 Å². The summed E-state index contributed by atoms with van der Waals surface area (Å²) >= 11 is 0. The number of hydrogen-bond donors (Lipinski definition) is 2. The van der Waals surface area contributed by atoms with Crippen molar-refractivity contribution in [3.8, 4) is 0 Å². The Morgan fingerprint density at radius 3 is 2.95 bits per heavy atom. The van der Waals surface area contributed by atoms with Crippen LogP contribution in [-0.2, 0) is 11.2 Å². The molecule has 0 aliphatic carbocycles. The Balaban J connectivity index is 1.64. The summed E-state index contributed by atoms with van der Waals surface area (Å²) in [6.07, 6.45) is 2.34. The van der Waals surface area contributed by atoms with Crippen molar-refractivity contribution in [2.45, 2.75) is 25.4 Å². The van der Waals surface area contributed by atoms with Gasteiger partial charge in [-0.05, 0) is 30.7 Å². The van der Waals surface area contributed by atoms with Gasteiger partial charge in [-0.25, -0.2) is 0 Å². The molecule has 1 amide bonds. The van der Waals surface area contributed by atoms with Crippen LogP contribution in [0, 0.1) is 0 Å². The Morgan fingerprint density at radius 2 is 2.21 bits per heavy atom. The summed E-state index contributed by atoms with van der Waals surface area (Å²) in [5.41, 5.74) is 2.24. The van der Waals surface area contributed by atoms with Crippen LogP contribution in [-0.4, -0.2) is 11.9 Å². The Labute approximate surface area is 111 Å². The molecule has 0 saturated carbocycles. The number of hydrogen-bond acceptors (Lipinski definition) is 3. The second-order valence-corrected chi connectivity index (χ2v) is 4.80. The SMILES string of the molecule is C[C@@H](NC(=O)[C@@H]1Cc2ccccc2N1)c1ccco1. The van der Waals surface area contributed by atoms with Crippen molar-refractivity contribution in [3.05, 3.63) is 54.0 Å². The number of nitrogens with one attached hydrogen (secondary N) is 2. The van der Waals surface area contributed by atoms with E-state index in [2.05, 4.69) is 10.6 Å². The molecule has 2 aromatic rings. The average Bonchev–Trinajstić information content (AvgIpc) is 3.07. The first-order valence-electron chi connectivity index (χ1n) is 6.42. The minimum Gasteiger partial charge on any atom is -0.467 e. The zero-order valence-corrected chi connectivity index (χ0v) is 10.7. The summed E-state index contributed by atoms with van der Waals surface area (Å²) < 4.78 is 5.29. The number of fused-ring (bicyclic) bond motifs is 1. The minimum atomic E-state index is -0.199. The fraction of sp³-hybridized carbons (Fsp3) is 0.267. The number of benzene rings is 1. The van der Waals surface area contributed by atoms with Gasteiger partial charge in [-0.1, -0.05) is 18.2 Å². The standard InChI is InChI=1S/C15H16N2O2/c1-10(14-7-4-8-19-14)16-15(18)13-9-11-5-2-3-6-12(11)17-13/h2-8,10,13,17H,9H2,1H3,(H,16,18)/t10-,13+/m1/s1. The lowest BCUT2D eigenvalue weighted by Crippen LogP contribution is -2.39. The van der Waals surface area contributed by atoms with Gasteiger partial charge < -0.3 is 15.1 Å². The van der Waals surface area contributed by atoms with E-state index in [0.29, 0.717) is 0 Å². The van der Waals surface area contributed by atoms with Gasteiger partial charge in [0.1, 0.15) is 11.8 Å². The molecule has 98 valence electrons. The molecule has 1 aliphatic heterocycles. The average molecular weight is 256 g/mol. The molecular weight excluding hydrogens is 240 g/mol. The van der Waals surface area contributed by atoms with Gasteiger partial charge in [-0.2, -0.15) is 0 Å². The molecule has 0 radical (unpaired) electrons. The molecule has 2 N–H and O–H groups in total. The summed E-state index contributed by atoms with van der Waals surface area (Å²) in [7, 11) is 0. The van der Waals surface area contributed by atoms with Crippen LogP contribution in [0.25, 0.3) is 0 Å². The highest BCUT2D eigenvalue weighted by Gasteiger charge is 2.27. The Hall–Kier alpha value is -2.23. The Morgan fingerprint density at radius 1 is 1.37 bits per heavy atom. The number of amides is 1. The zero-order valence-electron chi connectivity index (χ0n) is 10.7. The van der Waals surface area contributed by atoms with Gasteiger partial charge in [0, 0.05) is 12.1 Å². The van der Waals surface area contributed by atoms with Crippen LogP contribution in [0.15, 0.2) is 47.1 Å². The number of rotatable bonds is 3. The topological polar surface area (TPSA) is 54.3 Å². The zero-order chi connectivity index (χ0) is 13.2. The second-order valence-electron chi connectivity index (χ2n) is 4.80. The van der Waals surface area contributed by atoms with Crippen molar-refractivity contribution in [2.75, 3.05) is 5.32 Å². The monoisotopic (exact) mass is 256 g/mol. The molecule has 2 atom stereocenters. The number of anilines is 1. The summed E-state index contributed by atoms with van der Waals surface area (Å²) in [5, 5.41) is 6.21. The first kappa shape index (κ1) is 11.8. The quantitative estimate of drug-likeness (QED) is 0.887. The Bertz CT molecular complexity index is 553. The fourth-order valence-corrected chi connectivity index (χ4v) is 2.38. The molecule has 19 heavy (non-hydrogen) atoms. The first-order chi connectivity index (χ1) is 9.24. The van der Waals surface area contributed by atoms with E-state index in [1.54, 1.807) is 6.26 Å². The van der Waals surface area contributed by atoms with Crippen LogP contribution >= 0.6 is 0 Å². The van der Waals surface area contributed by atoms with Crippen LogP contribution in [0.1, 0.15) is 24.3 Å². The van der Waals surface area contributed by atoms with Gasteiger partial charge in [-0.3, -0.25) is 4.79 Å². The molecule has 0 spiro atoms. The molecule has 0 saturated heterocycles. The lowest BCUT2D eigenvalue weighted by Gasteiger charge is -2.16. The van der Waals surface area contributed by atoms with Gasteiger partial charge in [0.05, 0.1) is 12.3 Å². The van der Waals surface area contributed by atoms with Crippen LogP contribution in [0.5, 0.6) is 0 Å².